The van der Waals surface area contributed by atoms with Crippen LogP contribution in [0.1, 0.15) is 66.0 Å². The van der Waals surface area contributed by atoms with E-state index in [-0.39, 0.29) is 25.0 Å². The standard InChI is InChI=1S/C24H36N2O5.C8H10O/c1-16(2)13-18(26-19(27)14-25-21(29)23(3,4)5)20(28)24(6,7)22(30)31-15-17-11-9-8-10-12-17;1-9-7-8-5-3-2-4-6-8/h8-12,16,18H,13-15H2,1-7H3,(H,25,29)(H,26,27);2-6H,7H2,1H3. The molecule has 220 valence electrons. The van der Waals surface area contributed by atoms with Gasteiger partial charge in [-0.05, 0) is 37.3 Å². The Labute approximate surface area is 239 Å². The third kappa shape index (κ3) is 12.6. The van der Waals surface area contributed by atoms with Gasteiger partial charge in [0.05, 0.1) is 19.2 Å². The van der Waals surface area contributed by atoms with E-state index in [1.807, 2.05) is 74.5 Å². The number of ether oxygens (including phenoxy) is 2. The molecule has 2 amide bonds. The van der Waals surface area contributed by atoms with Crippen molar-refractivity contribution in [3.05, 3.63) is 71.8 Å². The third-order valence-corrected chi connectivity index (χ3v) is 5.94. The van der Waals surface area contributed by atoms with Gasteiger partial charge in [-0.25, -0.2) is 0 Å². The number of rotatable bonds is 12. The molecule has 0 aromatic heterocycles. The molecule has 1 atom stereocenters. The number of esters is 1. The zero-order valence-corrected chi connectivity index (χ0v) is 25.2. The topological polar surface area (TPSA) is 111 Å². The fourth-order valence-corrected chi connectivity index (χ4v) is 3.55. The number of methoxy groups -OCH3 is 1. The number of amides is 2. The molecular formula is C32H46N2O6. The summed E-state index contributed by atoms with van der Waals surface area (Å²) in [7, 11) is 1.70. The first-order chi connectivity index (χ1) is 18.7. The van der Waals surface area contributed by atoms with Crippen molar-refractivity contribution >= 4 is 23.6 Å². The molecule has 8 heteroatoms. The minimum Gasteiger partial charge on any atom is -0.460 e. The highest BCUT2D eigenvalue weighted by atomic mass is 16.5. The molecule has 0 aliphatic carbocycles. The number of carbonyl (C=O) groups excluding carboxylic acids is 4. The summed E-state index contributed by atoms with van der Waals surface area (Å²) in [5.74, 6) is -1.71. The smallest absolute Gasteiger partial charge is 0.319 e. The lowest BCUT2D eigenvalue weighted by molar-refractivity contribution is -0.160. The molecule has 0 aliphatic heterocycles. The van der Waals surface area contributed by atoms with Gasteiger partial charge in [-0.2, -0.15) is 0 Å². The van der Waals surface area contributed by atoms with Gasteiger partial charge in [0, 0.05) is 12.5 Å². The van der Waals surface area contributed by atoms with Gasteiger partial charge in [0.1, 0.15) is 12.0 Å². The highest BCUT2D eigenvalue weighted by Gasteiger charge is 2.42. The Hall–Kier alpha value is -3.52. The van der Waals surface area contributed by atoms with Crippen molar-refractivity contribution in [2.75, 3.05) is 13.7 Å². The lowest BCUT2D eigenvalue weighted by Gasteiger charge is -2.28. The molecule has 8 nitrogen and oxygen atoms in total. The van der Waals surface area contributed by atoms with Gasteiger partial charge in [0.2, 0.25) is 11.8 Å². The second-order valence-electron chi connectivity index (χ2n) is 11.7. The molecule has 2 aromatic carbocycles. The normalized spacial score (nSPS) is 12.0. The first-order valence-electron chi connectivity index (χ1n) is 13.5. The van der Waals surface area contributed by atoms with Gasteiger partial charge in [-0.3, -0.25) is 19.2 Å². The van der Waals surface area contributed by atoms with Crippen molar-refractivity contribution in [1.29, 1.82) is 0 Å². The highest BCUT2D eigenvalue weighted by molar-refractivity contribution is 6.06. The molecule has 2 aromatic rings. The van der Waals surface area contributed by atoms with Crippen LogP contribution in [0.3, 0.4) is 0 Å². The van der Waals surface area contributed by atoms with Crippen LogP contribution in [0.5, 0.6) is 0 Å². The summed E-state index contributed by atoms with van der Waals surface area (Å²) in [5, 5.41) is 5.24. The van der Waals surface area contributed by atoms with Crippen LogP contribution >= 0.6 is 0 Å². The predicted molar refractivity (Wildman–Crippen MR) is 156 cm³/mol. The maximum atomic E-state index is 13.2. The van der Waals surface area contributed by atoms with E-state index in [9.17, 15) is 19.2 Å². The number of hydrogen-bond donors (Lipinski definition) is 2. The van der Waals surface area contributed by atoms with Gasteiger partial charge in [0.15, 0.2) is 5.78 Å². The van der Waals surface area contributed by atoms with Crippen molar-refractivity contribution in [3.8, 4) is 0 Å². The molecule has 2 N–H and O–H groups in total. The van der Waals surface area contributed by atoms with E-state index >= 15 is 0 Å². The second kappa shape index (κ2) is 16.6. The quantitative estimate of drug-likeness (QED) is 0.287. The molecule has 0 heterocycles. The minimum absolute atomic E-state index is 0.0659. The van der Waals surface area contributed by atoms with Crippen molar-refractivity contribution in [3.63, 3.8) is 0 Å². The van der Waals surface area contributed by atoms with Crippen molar-refractivity contribution in [2.24, 2.45) is 16.7 Å². The minimum atomic E-state index is -1.43. The van der Waals surface area contributed by atoms with Crippen molar-refractivity contribution in [2.45, 2.75) is 74.1 Å². The van der Waals surface area contributed by atoms with E-state index in [0.29, 0.717) is 13.0 Å². The van der Waals surface area contributed by atoms with Crippen LogP contribution in [0.2, 0.25) is 0 Å². The Balaban J connectivity index is 0.000000747. The average molecular weight is 555 g/mol. The maximum Gasteiger partial charge on any atom is 0.319 e. The number of hydrogen-bond acceptors (Lipinski definition) is 6. The molecule has 0 radical (unpaired) electrons. The van der Waals surface area contributed by atoms with Gasteiger partial charge in [-0.15, -0.1) is 0 Å². The summed E-state index contributed by atoms with van der Waals surface area (Å²) in [6.45, 7) is 12.6. The molecule has 1 unspecified atom stereocenters. The summed E-state index contributed by atoms with van der Waals surface area (Å²) < 4.78 is 10.3. The summed E-state index contributed by atoms with van der Waals surface area (Å²) in [5.41, 5.74) is -0.0190. The van der Waals surface area contributed by atoms with Crippen molar-refractivity contribution < 1.29 is 28.7 Å². The van der Waals surface area contributed by atoms with Crippen LogP contribution in [-0.4, -0.2) is 43.3 Å². The molecule has 0 saturated carbocycles. The lowest BCUT2D eigenvalue weighted by atomic mass is 9.81. The van der Waals surface area contributed by atoms with Gasteiger partial charge in [0.25, 0.3) is 0 Å². The molecule has 0 aliphatic rings. The number of Topliss-reactive ketones (excluding diaryl/α,β-unsaturated/α-hetero) is 1. The average Bonchev–Trinajstić information content (AvgIpc) is 2.90. The SMILES string of the molecule is CC(C)CC(NC(=O)CNC(=O)C(C)(C)C)C(=O)C(C)(C)C(=O)OCc1ccccc1.COCc1ccccc1. The van der Waals surface area contributed by atoms with E-state index in [2.05, 4.69) is 10.6 Å². The number of nitrogens with one attached hydrogen (secondary N) is 2. The summed E-state index contributed by atoms with van der Waals surface area (Å²) in [6, 6.07) is 18.4. The first-order valence-corrected chi connectivity index (χ1v) is 13.5. The summed E-state index contributed by atoms with van der Waals surface area (Å²) >= 11 is 0. The summed E-state index contributed by atoms with van der Waals surface area (Å²) in [6.07, 6.45) is 0.368. The Morgan fingerprint density at radius 1 is 0.800 bits per heavy atom. The van der Waals surface area contributed by atoms with E-state index in [1.54, 1.807) is 27.9 Å². The molecule has 2 rings (SSSR count). The number of benzene rings is 2. The first kappa shape index (κ1) is 34.5. The Morgan fingerprint density at radius 2 is 1.30 bits per heavy atom. The molecule has 0 saturated heterocycles. The predicted octanol–water partition coefficient (Wildman–Crippen LogP) is 4.85. The van der Waals surface area contributed by atoms with Gasteiger partial charge in [-0.1, -0.05) is 95.3 Å². The molecule has 0 fully saturated rings. The number of ketones is 1. The van der Waals surface area contributed by atoms with E-state index in [1.165, 1.54) is 19.4 Å². The van der Waals surface area contributed by atoms with E-state index < -0.39 is 34.5 Å². The fourth-order valence-electron chi connectivity index (χ4n) is 3.55. The van der Waals surface area contributed by atoms with Gasteiger partial charge >= 0.3 is 5.97 Å². The highest BCUT2D eigenvalue weighted by Crippen LogP contribution is 2.24. The van der Waals surface area contributed by atoms with Crippen LogP contribution in [0.4, 0.5) is 0 Å². The third-order valence-electron chi connectivity index (χ3n) is 5.94. The molecule has 0 bridgehead atoms. The maximum absolute atomic E-state index is 13.2. The molecular weight excluding hydrogens is 508 g/mol. The van der Waals surface area contributed by atoms with E-state index in [4.69, 9.17) is 9.47 Å². The monoisotopic (exact) mass is 554 g/mol. The van der Waals surface area contributed by atoms with Crippen LogP contribution < -0.4 is 10.6 Å². The Kier molecular flexibility index (Phi) is 14.3. The Morgan fingerprint density at radius 3 is 1.75 bits per heavy atom. The van der Waals surface area contributed by atoms with Crippen LogP contribution in [0.25, 0.3) is 0 Å². The molecule has 40 heavy (non-hydrogen) atoms. The van der Waals surface area contributed by atoms with Crippen LogP contribution in [0, 0.1) is 16.7 Å². The second-order valence-corrected chi connectivity index (χ2v) is 11.7. The van der Waals surface area contributed by atoms with E-state index in [0.717, 1.165) is 5.56 Å². The summed E-state index contributed by atoms with van der Waals surface area (Å²) in [4.78, 5) is 50.2. The Bertz CT molecular complexity index is 1080. The fraction of sp³-hybridized carbons (Fsp3) is 0.500. The zero-order chi connectivity index (χ0) is 30.3. The van der Waals surface area contributed by atoms with Gasteiger partial charge < -0.3 is 20.1 Å². The van der Waals surface area contributed by atoms with Crippen LogP contribution in [0.15, 0.2) is 60.7 Å². The lowest BCUT2D eigenvalue weighted by Crippen LogP contribution is -2.52. The zero-order valence-electron chi connectivity index (χ0n) is 25.2. The number of carbonyl (C=O) groups is 4. The largest absolute Gasteiger partial charge is 0.460 e. The van der Waals surface area contributed by atoms with Crippen LogP contribution in [-0.2, 0) is 41.9 Å². The molecule has 0 spiro atoms. The van der Waals surface area contributed by atoms with Crippen molar-refractivity contribution in [1.82, 2.24) is 10.6 Å².